The van der Waals surface area contributed by atoms with Crippen LogP contribution in [0.15, 0.2) is 36.5 Å². The summed E-state index contributed by atoms with van der Waals surface area (Å²) in [5.41, 5.74) is 4.20. The van der Waals surface area contributed by atoms with Gasteiger partial charge in [0.25, 0.3) is 0 Å². The SMILES string of the molecule is CC(C)(C)c1cccc(C(C)(C)CCC(C)(C)c2nccc(C(C)(C)C)n2)c1. The van der Waals surface area contributed by atoms with Crippen LogP contribution in [0.2, 0.25) is 0 Å². The number of benzene rings is 1. The molecule has 0 radical (unpaired) electrons. The van der Waals surface area contributed by atoms with Crippen LogP contribution in [0.4, 0.5) is 0 Å². The minimum atomic E-state index is -0.0554. The Morgan fingerprint density at radius 3 is 1.82 bits per heavy atom. The van der Waals surface area contributed by atoms with Gasteiger partial charge in [0.1, 0.15) is 5.82 Å². The van der Waals surface area contributed by atoms with E-state index in [0.29, 0.717) is 0 Å². The molecule has 1 aromatic carbocycles. The largest absolute Gasteiger partial charge is 0.241 e. The maximum atomic E-state index is 4.92. The summed E-state index contributed by atoms with van der Waals surface area (Å²) in [5.74, 6) is 0.958. The standard InChI is InChI=1S/C26H40N2/c1-23(2,3)19-12-11-13-20(18-19)25(7,8)15-16-26(9,10)22-27-17-14-21(28-22)24(4,5)6/h11-14,17-18H,15-16H2,1-10H3. The number of hydrogen-bond acceptors (Lipinski definition) is 2. The molecule has 0 saturated heterocycles. The zero-order chi connectivity index (χ0) is 21.4. The molecule has 0 spiro atoms. The lowest BCUT2D eigenvalue weighted by Crippen LogP contribution is -2.27. The van der Waals surface area contributed by atoms with E-state index in [9.17, 15) is 0 Å². The van der Waals surface area contributed by atoms with Crippen molar-refractivity contribution in [2.45, 2.75) is 104 Å². The normalized spacial score (nSPS) is 13.6. The number of rotatable bonds is 5. The monoisotopic (exact) mass is 380 g/mol. The molecular formula is C26H40N2. The van der Waals surface area contributed by atoms with Crippen LogP contribution < -0.4 is 0 Å². The summed E-state index contributed by atoms with van der Waals surface area (Å²) in [7, 11) is 0. The fourth-order valence-electron chi connectivity index (χ4n) is 3.39. The van der Waals surface area contributed by atoms with Gasteiger partial charge in [-0.2, -0.15) is 0 Å². The molecule has 2 nitrogen and oxygen atoms in total. The molecule has 0 atom stereocenters. The first kappa shape index (κ1) is 22.6. The quantitative estimate of drug-likeness (QED) is 0.552. The molecule has 1 heterocycles. The third-order valence-corrected chi connectivity index (χ3v) is 5.91. The van der Waals surface area contributed by atoms with E-state index in [1.54, 1.807) is 0 Å². The van der Waals surface area contributed by atoms with Gasteiger partial charge >= 0.3 is 0 Å². The van der Waals surface area contributed by atoms with Gasteiger partial charge in [-0.1, -0.05) is 93.5 Å². The van der Waals surface area contributed by atoms with E-state index in [0.717, 1.165) is 24.4 Å². The second-order valence-electron chi connectivity index (χ2n) is 11.6. The number of aromatic nitrogens is 2. The van der Waals surface area contributed by atoms with Crippen LogP contribution in [0, 0.1) is 0 Å². The summed E-state index contributed by atoms with van der Waals surface area (Å²) >= 11 is 0. The Bertz CT molecular complexity index is 732. The maximum Gasteiger partial charge on any atom is 0.134 e. The molecule has 2 heteroatoms. The first-order valence-corrected chi connectivity index (χ1v) is 10.6. The highest BCUT2D eigenvalue weighted by Gasteiger charge is 2.30. The summed E-state index contributed by atoms with van der Waals surface area (Å²) in [5, 5.41) is 0. The number of hydrogen-bond donors (Lipinski definition) is 0. The van der Waals surface area contributed by atoms with E-state index >= 15 is 0 Å². The Hall–Kier alpha value is -1.70. The maximum absolute atomic E-state index is 4.92. The van der Waals surface area contributed by atoms with Crippen LogP contribution in [0.25, 0.3) is 0 Å². The predicted octanol–water partition coefficient (Wildman–Crippen LogP) is 7.11. The van der Waals surface area contributed by atoms with Crippen molar-refractivity contribution in [3.8, 4) is 0 Å². The molecule has 2 aromatic rings. The van der Waals surface area contributed by atoms with Gasteiger partial charge in [0, 0.05) is 22.7 Å². The average molecular weight is 381 g/mol. The lowest BCUT2D eigenvalue weighted by molar-refractivity contribution is 0.359. The summed E-state index contributed by atoms with van der Waals surface area (Å²) in [6.07, 6.45) is 4.06. The average Bonchev–Trinajstić information content (AvgIpc) is 2.59. The van der Waals surface area contributed by atoms with E-state index in [1.807, 2.05) is 12.3 Å². The van der Waals surface area contributed by atoms with Crippen molar-refractivity contribution in [2.24, 2.45) is 0 Å². The van der Waals surface area contributed by atoms with Crippen molar-refractivity contribution in [2.75, 3.05) is 0 Å². The second kappa shape index (κ2) is 7.61. The van der Waals surface area contributed by atoms with Gasteiger partial charge in [-0.05, 0) is 40.9 Å². The highest BCUT2D eigenvalue weighted by Crippen LogP contribution is 2.36. The molecule has 0 bridgehead atoms. The Kier molecular flexibility index (Phi) is 6.14. The van der Waals surface area contributed by atoms with Crippen molar-refractivity contribution >= 4 is 0 Å². The molecule has 1 aromatic heterocycles. The fraction of sp³-hybridized carbons (Fsp3) is 0.615. The van der Waals surface area contributed by atoms with E-state index in [2.05, 4.69) is 98.5 Å². The van der Waals surface area contributed by atoms with Gasteiger partial charge < -0.3 is 0 Å². The lowest BCUT2D eigenvalue weighted by atomic mass is 9.73. The highest BCUT2D eigenvalue weighted by molar-refractivity contribution is 5.33. The zero-order valence-corrected chi connectivity index (χ0v) is 19.8. The predicted molar refractivity (Wildman–Crippen MR) is 121 cm³/mol. The molecular weight excluding hydrogens is 340 g/mol. The highest BCUT2D eigenvalue weighted by atomic mass is 14.9. The summed E-state index contributed by atoms with van der Waals surface area (Å²) in [6, 6.07) is 11.2. The van der Waals surface area contributed by atoms with Crippen molar-refractivity contribution in [3.63, 3.8) is 0 Å². The first-order valence-electron chi connectivity index (χ1n) is 10.6. The van der Waals surface area contributed by atoms with Crippen LogP contribution in [0.5, 0.6) is 0 Å². The Morgan fingerprint density at radius 2 is 1.25 bits per heavy atom. The number of nitrogens with zero attached hydrogens (tertiary/aromatic N) is 2. The Morgan fingerprint density at radius 1 is 0.679 bits per heavy atom. The molecule has 2 rings (SSSR count). The van der Waals surface area contributed by atoms with Crippen LogP contribution >= 0.6 is 0 Å². The fourth-order valence-corrected chi connectivity index (χ4v) is 3.39. The van der Waals surface area contributed by atoms with Crippen LogP contribution in [0.3, 0.4) is 0 Å². The van der Waals surface area contributed by atoms with Crippen LogP contribution in [-0.2, 0) is 21.7 Å². The third-order valence-electron chi connectivity index (χ3n) is 5.91. The summed E-state index contributed by atoms with van der Waals surface area (Å²) < 4.78 is 0. The van der Waals surface area contributed by atoms with E-state index < -0.39 is 0 Å². The molecule has 0 amide bonds. The molecule has 0 N–H and O–H groups in total. The minimum Gasteiger partial charge on any atom is -0.241 e. The van der Waals surface area contributed by atoms with Gasteiger partial charge in [0.2, 0.25) is 0 Å². The molecule has 0 unspecified atom stereocenters. The van der Waals surface area contributed by atoms with E-state index in [4.69, 9.17) is 4.98 Å². The Balaban J connectivity index is 2.22. The summed E-state index contributed by atoms with van der Waals surface area (Å²) in [6.45, 7) is 22.7. The van der Waals surface area contributed by atoms with Crippen LogP contribution in [-0.4, -0.2) is 9.97 Å². The topological polar surface area (TPSA) is 25.8 Å². The van der Waals surface area contributed by atoms with Gasteiger partial charge in [0.05, 0.1) is 0 Å². The molecule has 28 heavy (non-hydrogen) atoms. The van der Waals surface area contributed by atoms with Crippen molar-refractivity contribution in [1.29, 1.82) is 0 Å². The van der Waals surface area contributed by atoms with Gasteiger partial charge in [-0.25, -0.2) is 9.97 Å². The van der Waals surface area contributed by atoms with E-state index in [-0.39, 0.29) is 21.7 Å². The third kappa shape index (κ3) is 5.43. The van der Waals surface area contributed by atoms with Gasteiger partial charge in [-0.3, -0.25) is 0 Å². The van der Waals surface area contributed by atoms with Crippen molar-refractivity contribution in [1.82, 2.24) is 9.97 Å². The molecule has 0 aliphatic heterocycles. The molecule has 0 saturated carbocycles. The second-order valence-corrected chi connectivity index (χ2v) is 11.6. The Labute approximate surface area is 173 Å². The van der Waals surface area contributed by atoms with Crippen molar-refractivity contribution < 1.29 is 0 Å². The van der Waals surface area contributed by atoms with E-state index in [1.165, 1.54) is 11.1 Å². The van der Waals surface area contributed by atoms with Gasteiger partial charge in [0.15, 0.2) is 0 Å². The molecule has 0 aliphatic rings. The molecule has 0 fully saturated rings. The minimum absolute atomic E-state index is 0.0421. The van der Waals surface area contributed by atoms with Crippen LogP contribution in [0.1, 0.15) is 105 Å². The first-order chi connectivity index (χ1) is 12.6. The van der Waals surface area contributed by atoms with Gasteiger partial charge in [-0.15, -0.1) is 0 Å². The lowest BCUT2D eigenvalue weighted by Gasteiger charge is -2.32. The zero-order valence-electron chi connectivity index (χ0n) is 19.8. The van der Waals surface area contributed by atoms with Crippen molar-refractivity contribution in [3.05, 3.63) is 59.2 Å². The smallest absolute Gasteiger partial charge is 0.134 e. The molecule has 154 valence electrons. The summed E-state index contributed by atoms with van der Waals surface area (Å²) in [4.78, 5) is 9.56. The molecule has 0 aliphatic carbocycles.